The van der Waals surface area contributed by atoms with Crippen LogP contribution in [-0.4, -0.2) is 40.7 Å². The maximum absolute atomic E-state index is 5.36. The average molecular weight is 240 g/mol. The number of hydrogen-bond acceptors (Lipinski definition) is 7. The van der Waals surface area contributed by atoms with Crippen LogP contribution in [0.1, 0.15) is 20.8 Å². The topological polar surface area (TPSA) is 98.0 Å². The SMILES string of the molecule is CCNc1nc(NC(C)C)nc(OCCN)n1. The molecule has 0 aromatic carbocycles. The molecule has 0 spiro atoms. The van der Waals surface area contributed by atoms with Gasteiger partial charge in [0.05, 0.1) is 0 Å². The summed E-state index contributed by atoms with van der Waals surface area (Å²) >= 11 is 0. The first-order valence-electron chi connectivity index (χ1n) is 5.75. The van der Waals surface area contributed by atoms with Crippen LogP contribution in [0.5, 0.6) is 6.01 Å². The van der Waals surface area contributed by atoms with Gasteiger partial charge in [0.2, 0.25) is 11.9 Å². The molecule has 0 fully saturated rings. The van der Waals surface area contributed by atoms with Gasteiger partial charge in [-0.3, -0.25) is 0 Å². The van der Waals surface area contributed by atoms with Gasteiger partial charge in [0.15, 0.2) is 0 Å². The molecule has 1 aromatic rings. The van der Waals surface area contributed by atoms with Gasteiger partial charge in [-0.05, 0) is 20.8 Å². The van der Waals surface area contributed by atoms with Crippen molar-refractivity contribution < 1.29 is 4.74 Å². The van der Waals surface area contributed by atoms with Gasteiger partial charge in [-0.2, -0.15) is 15.0 Å². The van der Waals surface area contributed by atoms with E-state index in [1.54, 1.807) is 0 Å². The molecule has 0 saturated carbocycles. The second kappa shape index (κ2) is 6.85. The van der Waals surface area contributed by atoms with E-state index in [2.05, 4.69) is 25.6 Å². The first kappa shape index (κ1) is 13.4. The molecule has 0 aliphatic carbocycles. The molecular weight excluding hydrogens is 220 g/mol. The van der Waals surface area contributed by atoms with Gasteiger partial charge in [0.1, 0.15) is 6.61 Å². The summed E-state index contributed by atoms with van der Waals surface area (Å²) in [6, 6.07) is 0.527. The molecule has 1 aromatic heterocycles. The lowest BCUT2D eigenvalue weighted by Gasteiger charge is -2.11. The third kappa shape index (κ3) is 4.81. The van der Waals surface area contributed by atoms with Crippen molar-refractivity contribution >= 4 is 11.9 Å². The van der Waals surface area contributed by atoms with E-state index in [4.69, 9.17) is 10.5 Å². The molecule has 0 amide bonds. The number of nitrogens with two attached hydrogens (primary N) is 1. The lowest BCUT2D eigenvalue weighted by molar-refractivity contribution is 0.302. The Labute approximate surface area is 101 Å². The fourth-order valence-corrected chi connectivity index (χ4v) is 1.13. The van der Waals surface area contributed by atoms with Gasteiger partial charge in [0.25, 0.3) is 0 Å². The third-order valence-electron chi connectivity index (χ3n) is 1.72. The number of hydrogen-bond donors (Lipinski definition) is 3. The summed E-state index contributed by atoms with van der Waals surface area (Å²) in [4.78, 5) is 12.5. The zero-order valence-electron chi connectivity index (χ0n) is 10.5. The van der Waals surface area contributed by atoms with Crippen LogP contribution in [-0.2, 0) is 0 Å². The molecule has 0 saturated heterocycles. The fourth-order valence-electron chi connectivity index (χ4n) is 1.13. The zero-order chi connectivity index (χ0) is 12.7. The van der Waals surface area contributed by atoms with Crippen LogP contribution in [0.15, 0.2) is 0 Å². The normalized spacial score (nSPS) is 10.4. The van der Waals surface area contributed by atoms with Crippen LogP contribution < -0.4 is 21.1 Å². The average Bonchev–Trinajstić information content (AvgIpc) is 2.25. The summed E-state index contributed by atoms with van der Waals surface area (Å²) < 4.78 is 5.30. The van der Waals surface area contributed by atoms with E-state index < -0.39 is 0 Å². The fraction of sp³-hybridized carbons (Fsp3) is 0.700. The van der Waals surface area contributed by atoms with E-state index in [-0.39, 0.29) is 12.1 Å². The van der Waals surface area contributed by atoms with Gasteiger partial charge in [0, 0.05) is 19.1 Å². The predicted molar refractivity (Wildman–Crippen MR) is 67.3 cm³/mol. The molecule has 1 rings (SSSR count). The van der Waals surface area contributed by atoms with Crippen molar-refractivity contribution in [3.05, 3.63) is 0 Å². The Morgan fingerprint density at radius 2 is 1.94 bits per heavy atom. The van der Waals surface area contributed by atoms with Crippen LogP contribution in [0, 0.1) is 0 Å². The minimum atomic E-state index is 0.245. The Balaban J connectivity index is 2.84. The number of ether oxygens (including phenoxy) is 1. The summed E-state index contributed by atoms with van der Waals surface area (Å²) in [6.45, 7) is 7.54. The molecule has 0 unspecified atom stereocenters. The maximum Gasteiger partial charge on any atom is 0.323 e. The van der Waals surface area contributed by atoms with Crippen molar-refractivity contribution in [2.75, 3.05) is 30.3 Å². The molecule has 0 bridgehead atoms. The van der Waals surface area contributed by atoms with Crippen LogP contribution in [0.2, 0.25) is 0 Å². The summed E-state index contributed by atoms with van der Waals surface area (Å²) in [7, 11) is 0. The Bertz CT molecular complexity index is 344. The van der Waals surface area contributed by atoms with Crippen molar-refractivity contribution in [1.82, 2.24) is 15.0 Å². The van der Waals surface area contributed by atoms with Gasteiger partial charge in [-0.1, -0.05) is 0 Å². The number of rotatable bonds is 7. The summed E-state index contributed by atoms with van der Waals surface area (Å²) in [6.07, 6.45) is 0. The van der Waals surface area contributed by atoms with E-state index >= 15 is 0 Å². The first-order chi connectivity index (χ1) is 8.15. The molecule has 96 valence electrons. The molecule has 1 heterocycles. The van der Waals surface area contributed by atoms with Gasteiger partial charge < -0.3 is 21.1 Å². The highest BCUT2D eigenvalue weighted by Gasteiger charge is 2.07. The smallest absolute Gasteiger partial charge is 0.323 e. The van der Waals surface area contributed by atoms with Crippen LogP contribution in [0.4, 0.5) is 11.9 Å². The van der Waals surface area contributed by atoms with Crippen LogP contribution in [0.25, 0.3) is 0 Å². The van der Waals surface area contributed by atoms with E-state index in [1.165, 1.54) is 0 Å². The summed E-state index contributed by atoms with van der Waals surface area (Å²) in [5.74, 6) is 0.996. The molecular formula is C10H20N6O. The Morgan fingerprint density at radius 3 is 2.53 bits per heavy atom. The van der Waals surface area contributed by atoms with Crippen molar-refractivity contribution in [2.45, 2.75) is 26.8 Å². The second-order valence-electron chi connectivity index (χ2n) is 3.73. The van der Waals surface area contributed by atoms with Gasteiger partial charge >= 0.3 is 6.01 Å². The molecule has 0 radical (unpaired) electrons. The first-order valence-corrected chi connectivity index (χ1v) is 5.75. The van der Waals surface area contributed by atoms with E-state index in [9.17, 15) is 0 Å². The van der Waals surface area contributed by atoms with Crippen LogP contribution >= 0.6 is 0 Å². The lowest BCUT2D eigenvalue weighted by Crippen LogP contribution is -2.17. The standard InChI is InChI=1S/C10H20N6O/c1-4-12-8-14-9(13-7(2)3)16-10(15-8)17-6-5-11/h7H,4-6,11H2,1-3H3,(H2,12,13,14,15,16). The number of aromatic nitrogens is 3. The number of nitrogens with one attached hydrogen (secondary N) is 2. The van der Waals surface area contributed by atoms with Crippen molar-refractivity contribution in [1.29, 1.82) is 0 Å². The molecule has 17 heavy (non-hydrogen) atoms. The molecule has 0 atom stereocenters. The summed E-state index contributed by atoms with van der Waals surface area (Å²) in [5, 5.41) is 6.13. The highest BCUT2D eigenvalue weighted by atomic mass is 16.5. The highest BCUT2D eigenvalue weighted by molar-refractivity contribution is 5.36. The lowest BCUT2D eigenvalue weighted by atomic mass is 10.4. The Hall–Kier alpha value is -1.63. The molecule has 4 N–H and O–H groups in total. The largest absolute Gasteiger partial charge is 0.462 e. The molecule has 0 aliphatic rings. The molecule has 7 nitrogen and oxygen atoms in total. The highest BCUT2D eigenvalue weighted by Crippen LogP contribution is 2.11. The van der Waals surface area contributed by atoms with Crippen molar-refractivity contribution in [3.63, 3.8) is 0 Å². The minimum Gasteiger partial charge on any atom is -0.462 e. The second-order valence-corrected chi connectivity index (χ2v) is 3.73. The number of anilines is 2. The third-order valence-corrected chi connectivity index (χ3v) is 1.72. The minimum absolute atomic E-state index is 0.245. The zero-order valence-corrected chi connectivity index (χ0v) is 10.5. The van der Waals surface area contributed by atoms with E-state index in [0.29, 0.717) is 25.0 Å². The molecule has 7 heteroatoms. The van der Waals surface area contributed by atoms with Gasteiger partial charge in [-0.25, -0.2) is 0 Å². The summed E-state index contributed by atoms with van der Waals surface area (Å²) in [5.41, 5.74) is 5.36. The Kier molecular flexibility index (Phi) is 5.41. The maximum atomic E-state index is 5.36. The Morgan fingerprint density at radius 1 is 1.24 bits per heavy atom. The predicted octanol–water partition coefficient (Wildman–Crippen LogP) is 0.461. The monoisotopic (exact) mass is 240 g/mol. The molecule has 0 aliphatic heterocycles. The quantitative estimate of drug-likeness (QED) is 0.637. The van der Waals surface area contributed by atoms with Crippen LogP contribution in [0.3, 0.4) is 0 Å². The number of nitrogens with zero attached hydrogens (tertiary/aromatic N) is 3. The van der Waals surface area contributed by atoms with Crippen molar-refractivity contribution in [2.24, 2.45) is 5.73 Å². The van der Waals surface area contributed by atoms with E-state index in [0.717, 1.165) is 6.54 Å². The van der Waals surface area contributed by atoms with Crippen molar-refractivity contribution in [3.8, 4) is 6.01 Å². The van der Waals surface area contributed by atoms with Gasteiger partial charge in [-0.15, -0.1) is 0 Å². The van der Waals surface area contributed by atoms with E-state index in [1.807, 2.05) is 20.8 Å².